The standard InChI is InChI=1S/C24H20F2N4O2/c1-13-28-11-15(12-29-13)4-3-14-5-6-17-18(10-22(24(27)31)30-21(17)7-14)16-8-19(25)23(32-2)20(26)9-16/h5-12H,3-4H2,1-2H3,(H2,27,31). The van der Waals surface area contributed by atoms with Gasteiger partial charge in [-0.3, -0.25) is 4.79 Å². The first-order valence-electron chi connectivity index (χ1n) is 9.90. The van der Waals surface area contributed by atoms with Gasteiger partial charge < -0.3 is 10.5 Å². The number of ether oxygens (including phenoxy) is 1. The van der Waals surface area contributed by atoms with Gasteiger partial charge in [0.15, 0.2) is 17.4 Å². The molecular formula is C24H20F2N4O2. The Kier molecular flexibility index (Phi) is 5.77. The van der Waals surface area contributed by atoms with E-state index < -0.39 is 23.3 Å². The number of amides is 1. The van der Waals surface area contributed by atoms with Crippen molar-refractivity contribution >= 4 is 16.8 Å². The number of rotatable bonds is 6. The van der Waals surface area contributed by atoms with Crippen molar-refractivity contribution in [1.82, 2.24) is 15.0 Å². The lowest BCUT2D eigenvalue weighted by molar-refractivity contribution is 0.0996. The quantitative estimate of drug-likeness (QED) is 0.492. The maximum absolute atomic E-state index is 14.3. The molecule has 0 atom stereocenters. The number of hydrogen-bond acceptors (Lipinski definition) is 5. The summed E-state index contributed by atoms with van der Waals surface area (Å²) in [5, 5.41) is 0.640. The SMILES string of the molecule is COc1c(F)cc(-c2cc(C(N)=O)nc3cc(CCc4cnc(C)nc4)ccc23)cc1F. The van der Waals surface area contributed by atoms with Gasteiger partial charge in [-0.2, -0.15) is 0 Å². The van der Waals surface area contributed by atoms with Gasteiger partial charge in [-0.25, -0.2) is 23.7 Å². The second-order valence-corrected chi connectivity index (χ2v) is 7.38. The molecule has 4 rings (SSSR count). The number of nitrogens with zero attached hydrogens (tertiary/aromatic N) is 3. The fraction of sp³-hybridized carbons (Fsp3) is 0.167. The van der Waals surface area contributed by atoms with Gasteiger partial charge in [0.05, 0.1) is 12.6 Å². The molecule has 6 nitrogen and oxygen atoms in total. The monoisotopic (exact) mass is 434 g/mol. The third kappa shape index (κ3) is 4.25. The number of carbonyl (C=O) groups is 1. The number of benzene rings is 2. The van der Waals surface area contributed by atoms with E-state index in [1.807, 2.05) is 25.1 Å². The molecule has 2 aromatic carbocycles. The zero-order valence-corrected chi connectivity index (χ0v) is 17.5. The molecule has 0 bridgehead atoms. The van der Waals surface area contributed by atoms with E-state index >= 15 is 0 Å². The Labute approximate surface area is 183 Å². The number of nitrogens with two attached hydrogens (primary N) is 1. The highest BCUT2D eigenvalue weighted by molar-refractivity contribution is 6.01. The minimum absolute atomic E-state index is 0.00761. The molecule has 0 spiro atoms. The molecule has 0 saturated heterocycles. The van der Waals surface area contributed by atoms with Gasteiger partial charge in [-0.05, 0) is 66.3 Å². The summed E-state index contributed by atoms with van der Waals surface area (Å²) in [4.78, 5) is 24.6. The lowest BCUT2D eigenvalue weighted by Gasteiger charge is -2.12. The van der Waals surface area contributed by atoms with Gasteiger partial charge in [0, 0.05) is 17.8 Å². The average Bonchev–Trinajstić information content (AvgIpc) is 2.77. The van der Waals surface area contributed by atoms with Gasteiger partial charge in [0.1, 0.15) is 11.5 Å². The Balaban J connectivity index is 1.76. The molecular weight excluding hydrogens is 414 g/mol. The number of carbonyl (C=O) groups excluding carboxylic acids is 1. The molecule has 0 unspecified atom stereocenters. The number of hydrogen-bond donors (Lipinski definition) is 1. The molecule has 0 aliphatic rings. The van der Waals surface area contributed by atoms with E-state index in [-0.39, 0.29) is 11.3 Å². The summed E-state index contributed by atoms with van der Waals surface area (Å²) in [5.41, 5.74) is 8.65. The first-order valence-corrected chi connectivity index (χ1v) is 9.90. The Morgan fingerprint density at radius 2 is 1.66 bits per heavy atom. The predicted molar refractivity (Wildman–Crippen MR) is 116 cm³/mol. The van der Waals surface area contributed by atoms with Crippen molar-refractivity contribution in [1.29, 1.82) is 0 Å². The second-order valence-electron chi connectivity index (χ2n) is 7.38. The summed E-state index contributed by atoms with van der Waals surface area (Å²) in [6.07, 6.45) is 5.00. The maximum Gasteiger partial charge on any atom is 0.267 e. The molecule has 0 aliphatic heterocycles. The van der Waals surface area contributed by atoms with Crippen LogP contribution in [0.25, 0.3) is 22.0 Å². The van der Waals surface area contributed by atoms with Gasteiger partial charge in [-0.1, -0.05) is 12.1 Å². The van der Waals surface area contributed by atoms with Crippen molar-refractivity contribution in [2.24, 2.45) is 5.73 Å². The van der Waals surface area contributed by atoms with Crippen LogP contribution in [0.3, 0.4) is 0 Å². The first-order chi connectivity index (χ1) is 15.4. The van der Waals surface area contributed by atoms with E-state index in [2.05, 4.69) is 15.0 Å². The van der Waals surface area contributed by atoms with E-state index in [4.69, 9.17) is 10.5 Å². The first kappa shape index (κ1) is 21.3. The molecule has 0 aliphatic carbocycles. The van der Waals surface area contributed by atoms with Gasteiger partial charge in [-0.15, -0.1) is 0 Å². The molecule has 162 valence electrons. The van der Waals surface area contributed by atoms with E-state index in [9.17, 15) is 13.6 Å². The molecule has 2 heterocycles. The maximum atomic E-state index is 14.3. The van der Waals surface area contributed by atoms with Gasteiger partial charge in [0.25, 0.3) is 5.91 Å². The van der Waals surface area contributed by atoms with Crippen LogP contribution in [0, 0.1) is 18.6 Å². The Morgan fingerprint density at radius 1 is 1.00 bits per heavy atom. The second kappa shape index (κ2) is 8.66. The lowest BCUT2D eigenvalue weighted by atomic mass is 9.97. The number of fused-ring (bicyclic) bond motifs is 1. The molecule has 8 heteroatoms. The van der Waals surface area contributed by atoms with E-state index in [0.717, 1.165) is 29.7 Å². The normalized spacial score (nSPS) is 11.0. The van der Waals surface area contributed by atoms with Gasteiger partial charge >= 0.3 is 0 Å². The third-order valence-corrected chi connectivity index (χ3v) is 5.18. The molecule has 32 heavy (non-hydrogen) atoms. The fourth-order valence-corrected chi connectivity index (χ4v) is 3.54. The Bertz CT molecular complexity index is 1300. The van der Waals surface area contributed by atoms with Crippen molar-refractivity contribution < 1.29 is 18.3 Å². The summed E-state index contributed by atoms with van der Waals surface area (Å²) in [6.45, 7) is 1.83. The highest BCUT2D eigenvalue weighted by Crippen LogP contribution is 2.33. The number of methoxy groups -OCH3 is 1. The van der Waals surface area contributed by atoms with Crippen molar-refractivity contribution in [3.63, 3.8) is 0 Å². The smallest absolute Gasteiger partial charge is 0.267 e. The highest BCUT2D eigenvalue weighted by Gasteiger charge is 2.17. The third-order valence-electron chi connectivity index (χ3n) is 5.18. The van der Waals surface area contributed by atoms with Crippen molar-refractivity contribution in [3.05, 3.63) is 83.1 Å². The van der Waals surface area contributed by atoms with E-state index in [1.165, 1.54) is 13.2 Å². The van der Waals surface area contributed by atoms with Crippen molar-refractivity contribution in [2.75, 3.05) is 7.11 Å². The zero-order chi connectivity index (χ0) is 22.8. The van der Waals surface area contributed by atoms with E-state index in [1.54, 1.807) is 12.4 Å². The zero-order valence-electron chi connectivity index (χ0n) is 17.5. The molecule has 2 aromatic heterocycles. The van der Waals surface area contributed by atoms with Crippen LogP contribution >= 0.6 is 0 Å². The van der Waals surface area contributed by atoms with Crippen LogP contribution < -0.4 is 10.5 Å². The number of halogens is 2. The summed E-state index contributed by atoms with van der Waals surface area (Å²) >= 11 is 0. The minimum Gasteiger partial charge on any atom is -0.491 e. The Morgan fingerprint density at radius 3 is 2.28 bits per heavy atom. The summed E-state index contributed by atoms with van der Waals surface area (Å²) < 4.78 is 33.4. The molecule has 4 aromatic rings. The number of aryl methyl sites for hydroxylation is 3. The number of primary amides is 1. The number of aromatic nitrogens is 3. The molecule has 0 fully saturated rings. The predicted octanol–water partition coefficient (Wildman–Crippen LogP) is 4.17. The van der Waals surface area contributed by atoms with Crippen LogP contribution in [-0.4, -0.2) is 28.0 Å². The average molecular weight is 434 g/mol. The summed E-state index contributed by atoms with van der Waals surface area (Å²) in [6, 6.07) is 9.34. The molecule has 2 N–H and O–H groups in total. The number of pyridine rings is 1. The van der Waals surface area contributed by atoms with Crippen LogP contribution in [-0.2, 0) is 12.8 Å². The van der Waals surface area contributed by atoms with Gasteiger partial charge in [0.2, 0.25) is 0 Å². The minimum atomic E-state index is -0.843. The van der Waals surface area contributed by atoms with Crippen LogP contribution in [0.4, 0.5) is 8.78 Å². The summed E-state index contributed by atoms with van der Waals surface area (Å²) in [5.74, 6) is -2.17. The van der Waals surface area contributed by atoms with E-state index in [0.29, 0.717) is 28.7 Å². The van der Waals surface area contributed by atoms with Crippen LogP contribution in [0.2, 0.25) is 0 Å². The molecule has 0 saturated carbocycles. The van der Waals surface area contributed by atoms with Crippen LogP contribution in [0.15, 0.2) is 48.8 Å². The fourth-order valence-electron chi connectivity index (χ4n) is 3.54. The molecule has 1 amide bonds. The topological polar surface area (TPSA) is 91.0 Å². The summed E-state index contributed by atoms with van der Waals surface area (Å²) in [7, 11) is 1.19. The highest BCUT2D eigenvalue weighted by atomic mass is 19.1. The van der Waals surface area contributed by atoms with Crippen molar-refractivity contribution in [3.8, 4) is 16.9 Å². The van der Waals surface area contributed by atoms with Crippen molar-refractivity contribution in [2.45, 2.75) is 19.8 Å². The molecule has 0 radical (unpaired) electrons. The Hall–Kier alpha value is -3.94. The largest absolute Gasteiger partial charge is 0.491 e. The van der Waals surface area contributed by atoms with Crippen LogP contribution in [0.1, 0.15) is 27.4 Å². The van der Waals surface area contributed by atoms with Crippen LogP contribution in [0.5, 0.6) is 5.75 Å². The lowest BCUT2D eigenvalue weighted by Crippen LogP contribution is -2.13.